The Morgan fingerprint density at radius 2 is 1.77 bits per heavy atom. The largest absolute Gasteiger partial charge is 0.444 e. The lowest BCUT2D eigenvalue weighted by molar-refractivity contribution is -0.122. The van der Waals surface area contributed by atoms with Crippen molar-refractivity contribution in [2.24, 2.45) is 5.92 Å². The molecule has 6 nitrogen and oxygen atoms in total. The number of alkyl carbamates (subject to hydrolysis) is 1. The summed E-state index contributed by atoms with van der Waals surface area (Å²) in [5.74, 6) is 0.102. The number of hydrogen-bond donors (Lipinski definition) is 2. The molecular formula is C20H33N3O3. The van der Waals surface area contributed by atoms with E-state index in [4.69, 9.17) is 4.74 Å². The van der Waals surface area contributed by atoms with E-state index in [1.165, 1.54) is 0 Å². The van der Waals surface area contributed by atoms with Crippen molar-refractivity contribution < 1.29 is 14.3 Å². The van der Waals surface area contributed by atoms with E-state index in [1.807, 2.05) is 76.9 Å². The van der Waals surface area contributed by atoms with Crippen molar-refractivity contribution in [3.63, 3.8) is 0 Å². The van der Waals surface area contributed by atoms with Crippen LogP contribution in [0.2, 0.25) is 0 Å². The quantitative estimate of drug-likeness (QED) is 0.745. The van der Waals surface area contributed by atoms with Crippen molar-refractivity contribution in [2.45, 2.75) is 52.8 Å². The number of hydrogen-bond acceptors (Lipinski definition) is 4. The molecule has 0 saturated heterocycles. The van der Waals surface area contributed by atoms with Crippen LogP contribution >= 0.6 is 0 Å². The van der Waals surface area contributed by atoms with Crippen LogP contribution in [0.3, 0.4) is 0 Å². The number of amides is 2. The molecule has 2 N–H and O–H groups in total. The minimum absolute atomic E-state index is 0.0694. The van der Waals surface area contributed by atoms with Gasteiger partial charge in [-0.3, -0.25) is 9.69 Å². The number of carbonyl (C=O) groups excluding carboxylic acids is 2. The summed E-state index contributed by atoms with van der Waals surface area (Å²) >= 11 is 0. The summed E-state index contributed by atoms with van der Waals surface area (Å²) in [6, 6.07) is 9.83. The van der Waals surface area contributed by atoms with E-state index >= 15 is 0 Å². The molecule has 0 aliphatic rings. The van der Waals surface area contributed by atoms with Crippen LogP contribution in [0.5, 0.6) is 0 Å². The maximum atomic E-state index is 12.2. The third kappa shape index (κ3) is 9.42. The van der Waals surface area contributed by atoms with Gasteiger partial charge in [-0.1, -0.05) is 44.2 Å². The lowest BCUT2D eigenvalue weighted by atomic mass is 10.0. The highest BCUT2D eigenvalue weighted by molar-refractivity contribution is 5.78. The number of nitrogens with one attached hydrogen (secondary N) is 2. The second-order valence-electron chi connectivity index (χ2n) is 7.96. The molecule has 1 rings (SSSR count). The molecule has 0 bridgehead atoms. The lowest BCUT2D eigenvalue weighted by Gasteiger charge is -2.26. The van der Waals surface area contributed by atoms with Gasteiger partial charge in [0.2, 0.25) is 5.91 Å². The first-order valence-electron chi connectivity index (χ1n) is 9.05. The van der Waals surface area contributed by atoms with E-state index in [0.717, 1.165) is 5.56 Å². The highest BCUT2D eigenvalue weighted by atomic mass is 16.6. The SMILES string of the molecule is CC(C)[C@H](CNC(=O)CN(C)Cc1ccccc1)NC(=O)OC(C)(C)C. The Bertz CT molecular complexity index is 567. The van der Waals surface area contributed by atoms with Crippen LogP contribution in [0, 0.1) is 5.92 Å². The standard InChI is InChI=1S/C20H33N3O3/c1-15(2)17(22-19(25)26-20(3,4)5)12-21-18(24)14-23(6)13-16-10-8-7-9-11-16/h7-11,15,17H,12-14H2,1-6H3,(H,21,24)(H,22,25)/t17-/m0/s1. The van der Waals surface area contributed by atoms with Crippen LogP contribution in [0.4, 0.5) is 4.79 Å². The van der Waals surface area contributed by atoms with Gasteiger partial charge in [0, 0.05) is 13.1 Å². The Labute approximate surface area is 157 Å². The van der Waals surface area contributed by atoms with E-state index in [1.54, 1.807) is 0 Å². The number of likely N-dealkylation sites (N-methyl/N-ethyl adjacent to an activating group) is 1. The normalized spacial score (nSPS) is 12.8. The van der Waals surface area contributed by atoms with Crippen LogP contribution < -0.4 is 10.6 Å². The van der Waals surface area contributed by atoms with Gasteiger partial charge in [0.05, 0.1) is 12.6 Å². The Kier molecular flexibility index (Phi) is 8.58. The van der Waals surface area contributed by atoms with Crippen LogP contribution in [-0.4, -0.2) is 48.7 Å². The van der Waals surface area contributed by atoms with E-state index in [-0.39, 0.29) is 17.9 Å². The Balaban J connectivity index is 2.42. The lowest BCUT2D eigenvalue weighted by Crippen LogP contribution is -2.49. The van der Waals surface area contributed by atoms with Crippen molar-refractivity contribution in [1.82, 2.24) is 15.5 Å². The van der Waals surface area contributed by atoms with E-state index in [9.17, 15) is 9.59 Å². The van der Waals surface area contributed by atoms with Gasteiger partial charge in [-0.05, 0) is 39.3 Å². The topological polar surface area (TPSA) is 70.7 Å². The zero-order chi connectivity index (χ0) is 19.7. The Morgan fingerprint density at radius 1 is 1.15 bits per heavy atom. The molecule has 6 heteroatoms. The molecule has 0 fully saturated rings. The molecule has 0 radical (unpaired) electrons. The van der Waals surface area contributed by atoms with Gasteiger partial charge in [0.25, 0.3) is 0 Å². The molecule has 0 heterocycles. The van der Waals surface area contributed by atoms with Gasteiger partial charge in [-0.2, -0.15) is 0 Å². The Morgan fingerprint density at radius 3 is 2.31 bits per heavy atom. The highest BCUT2D eigenvalue weighted by Crippen LogP contribution is 2.08. The molecule has 26 heavy (non-hydrogen) atoms. The molecule has 0 aromatic heterocycles. The van der Waals surface area contributed by atoms with Gasteiger partial charge in [0.1, 0.15) is 5.60 Å². The third-order valence-corrected chi connectivity index (χ3v) is 3.73. The molecule has 1 aromatic rings. The molecule has 0 saturated carbocycles. The van der Waals surface area contributed by atoms with Crippen molar-refractivity contribution in [1.29, 1.82) is 0 Å². The molecule has 1 aromatic carbocycles. The predicted octanol–water partition coefficient (Wildman–Crippen LogP) is 2.78. The minimum Gasteiger partial charge on any atom is -0.444 e. The average Bonchev–Trinajstić information content (AvgIpc) is 2.50. The first-order chi connectivity index (χ1) is 12.1. The van der Waals surface area contributed by atoms with Crippen molar-refractivity contribution in [3.8, 4) is 0 Å². The summed E-state index contributed by atoms with van der Waals surface area (Å²) in [4.78, 5) is 26.1. The molecular weight excluding hydrogens is 330 g/mol. The third-order valence-electron chi connectivity index (χ3n) is 3.73. The maximum absolute atomic E-state index is 12.2. The van der Waals surface area contributed by atoms with Gasteiger partial charge in [0.15, 0.2) is 0 Å². The molecule has 0 aliphatic carbocycles. The van der Waals surface area contributed by atoms with E-state index in [0.29, 0.717) is 19.6 Å². The maximum Gasteiger partial charge on any atom is 0.407 e. The number of carbonyl (C=O) groups is 2. The zero-order valence-electron chi connectivity index (χ0n) is 16.8. The van der Waals surface area contributed by atoms with Crippen LogP contribution in [-0.2, 0) is 16.1 Å². The molecule has 146 valence electrons. The number of ether oxygens (including phenoxy) is 1. The Hall–Kier alpha value is -2.08. The summed E-state index contributed by atoms with van der Waals surface area (Å²) in [5.41, 5.74) is 0.615. The predicted molar refractivity (Wildman–Crippen MR) is 104 cm³/mol. The van der Waals surface area contributed by atoms with Crippen molar-refractivity contribution in [3.05, 3.63) is 35.9 Å². The summed E-state index contributed by atoms with van der Waals surface area (Å²) in [7, 11) is 1.91. The second kappa shape index (κ2) is 10.2. The van der Waals surface area contributed by atoms with Gasteiger partial charge < -0.3 is 15.4 Å². The summed E-state index contributed by atoms with van der Waals surface area (Å²) < 4.78 is 5.29. The fraction of sp³-hybridized carbons (Fsp3) is 0.600. The van der Waals surface area contributed by atoms with Gasteiger partial charge >= 0.3 is 6.09 Å². The summed E-state index contributed by atoms with van der Waals surface area (Å²) in [6.07, 6.45) is -0.466. The van der Waals surface area contributed by atoms with Crippen molar-refractivity contribution in [2.75, 3.05) is 20.1 Å². The smallest absolute Gasteiger partial charge is 0.407 e. The molecule has 1 atom stereocenters. The zero-order valence-corrected chi connectivity index (χ0v) is 16.8. The van der Waals surface area contributed by atoms with Crippen LogP contribution in [0.25, 0.3) is 0 Å². The minimum atomic E-state index is -0.547. The van der Waals surface area contributed by atoms with Gasteiger partial charge in [-0.25, -0.2) is 4.79 Å². The molecule has 2 amide bonds. The first kappa shape index (κ1) is 22.0. The van der Waals surface area contributed by atoms with E-state index in [2.05, 4.69) is 10.6 Å². The average molecular weight is 364 g/mol. The molecule has 0 aliphatic heterocycles. The van der Waals surface area contributed by atoms with Crippen LogP contribution in [0.1, 0.15) is 40.2 Å². The van der Waals surface area contributed by atoms with Crippen molar-refractivity contribution >= 4 is 12.0 Å². The second-order valence-corrected chi connectivity index (χ2v) is 7.96. The number of benzene rings is 1. The monoisotopic (exact) mass is 363 g/mol. The fourth-order valence-electron chi connectivity index (χ4n) is 2.39. The first-order valence-corrected chi connectivity index (χ1v) is 9.05. The number of rotatable bonds is 8. The van der Waals surface area contributed by atoms with Crippen LogP contribution in [0.15, 0.2) is 30.3 Å². The van der Waals surface area contributed by atoms with Gasteiger partial charge in [-0.15, -0.1) is 0 Å². The highest BCUT2D eigenvalue weighted by Gasteiger charge is 2.22. The molecule has 0 unspecified atom stereocenters. The molecule has 0 spiro atoms. The van der Waals surface area contributed by atoms with E-state index < -0.39 is 11.7 Å². The summed E-state index contributed by atoms with van der Waals surface area (Å²) in [6.45, 7) is 10.8. The number of nitrogens with zero attached hydrogens (tertiary/aromatic N) is 1. The fourth-order valence-corrected chi connectivity index (χ4v) is 2.39. The summed E-state index contributed by atoms with van der Waals surface area (Å²) in [5, 5.41) is 5.73.